The van der Waals surface area contributed by atoms with Gasteiger partial charge in [0.1, 0.15) is 10.3 Å². The molecule has 1 aliphatic heterocycles. The van der Waals surface area contributed by atoms with Crippen molar-refractivity contribution in [3.05, 3.63) is 112 Å². The van der Waals surface area contributed by atoms with Crippen molar-refractivity contribution in [3.63, 3.8) is 0 Å². The van der Waals surface area contributed by atoms with E-state index >= 15 is 0 Å². The predicted octanol–water partition coefficient (Wildman–Crippen LogP) is 6.86. The number of nitrogens with one attached hydrogen (secondary N) is 2. The highest BCUT2D eigenvalue weighted by Gasteiger charge is 2.32. The van der Waals surface area contributed by atoms with Crippen molar-refractivity contribution >= 4 is 57.5 Å². The maximum atomic E-state index is 14.0. The zero-order valence-corrected chi connectivity index (χ0v) is 26.3. The molecule has 1 aromatic heterocycles. The van der Waals surface area contributed by atoms with Gasteiger partial charge in [-0.15, -0.1) is 23.1 Å². The standard InChI is InChI=1S/C34H33N3O5S2/c1-4-42-34(41)29-27-17-18-37(22(3)38)20-28(27)44-33(29)36-32(40)30(23-12-6-5-7-13-23)43-25-15-10-14-24(19-25)35-31(39)26-16-9-8-11-21(26)2/h5-16,19,30H,4,17-18,20H2,1-3H3,(H,35,39)(H,36,40). The summed E-state index contributed by atoms with van der Waals surface area (Å²) >= 11 is 2.65. The van der Waals surface area contributed by atoms with Gasteiger partial charge in [-0.2, -0.15) is 0 Å². The first-order valence-electron chi connectivity index (χ1n) is 14.3. The van der Waals surface area contributed by atoms with Crippen LogP contribution in [0.1, 0.15) is 61.4 Å². The molecule has 4 aromatic rings. The third-order valence-corrected chi connectivity index (χ3v) is 9.67. The molecule has 0 aliphatic carbocycles. The van der Waals surface area contributed by atoms with Crippen LogP contribution in [0.5, 0.6) is 0 Å². The Morgan fingerprint density at radius 2 is 1.73 bits per heavy atom. The molecule has 3 aromatic carbocycles. The molecular weight excluding hydrogens is 595 g/mol. The van der Waals surface area contributed by atoms with E-state index in [-0.39, 0.29) is 24.3 Å². The topological polar surface area (TPSA) is 105 Å². The van der Waals surface area contributed by atoms with E-state index in [2.05, 4.69) is 10.6 Å². The van der Waals surface area contributed by atoms with Crippen LogP contribution in [0, 0.1) is 6.92 Å². The average Bonchev–Trinajstić information content (AvgIpc) is 3.37. The third-order valence-electron chi connectivity index (χ3n) is 7.29. The zero-order valence-electron chi connectivity index (χ0n) is 24.7. The quantitative estimate of drug-likeness (QED) is 0.155. The Balaban J connectivity index is 1.42. The van der Waals surface area contributed by atoms with Gasteiger partial charge in [-0.1, -0.05) is 54.6 Å². The summed E-state index contributed by atoms with van der Waals surface area (Å²) in [6.07, 6.45) is 0.507. The lowest BCUT2D eigenvalue weighted by Crippen LogP contribution is -2.34. The van der Waals surface area contributed by atoms with Gasteiger partial charge >= 0.3 is 5.97 Å². The highest BCUT2D eigenvalue weighted by atomic mass is 32.2. The molecule has 0 radical (unpaired) electrons. The fourth-order valence-electron chi connectivity index (χ4n) is 5.07. The predicted molar refractivity (Wildman–Crippen MR) is 174 cm³/mol. The van der Waals surface area contributed by atoms with E-state index < -0.39 is 11.2 Å². The van der Waals surface area contributed by atoms with Gasteiger partial charge in [0.25, 0.3) is 5.91 Å². The van der Waals surface area contributed by atoms with Crippen molar-refractivity contribution in [2.45, 2.75) is 43.9 Å². The van der Waals surface area contributed by atoms with E-state index in [1.165, 1.54) is 30.0 Å². The molecule has 3 amide bonds. The molecule has 2 N–H and O–H groups in total. The largest absolute Gasteiger partial charge is 0.462 e. The molecular formula is C34H33N3O5S2. The van der Waals surface area contributed by atoms with Crippen LogP contribution in [0.25, 0.3) is 0 Å². The van der Waals surface area contributed by atoms with Crippen LogP contribution in [0.2, 0.25) is 0 Å². The zero-order chi connectivity index (χ0) is 31.2. The maximum absolute atomic E-state index is 14.0. The van der Waals surface area contributed by atoms with Gasteiger partial charge in [0.2, 0.25) is 11.8 Å². The molecule has 5 rings (SSSR count). The van der Waals surface area contributed by atoms with Crippen LogP contribution < -0.4 is 10.6 Å². The molecule has 44 heavy (non-hydrogen) atoms. The number of amides is 3. The number of ether oxygens (including phenoxy) is 1. The van der Waals surface area contributed by atoms with Crippen LogP contribution >= 0.6 is 23.1 Å². The lowest BCUT2D eigenvalue weighted by molar-refractivity contribution is -0.129. The minimum atomic E-state index is -0.665. The highest BCUT2D eigenvalue weighted by Crippen LogP contribution is 2.41. The summed E-state index contributed by atoms with van der Waals surface area (Å²) in [6, 6.07) is 24.2. The summed E-state index contributed by atoms with van der Waals surface area (Å²) in [6.45, 7) is 6.24. The number of hydrogen-bond donors (Lipinski definition) is 2. The summed E-state index contributed by atoms with van der Waals surface area (Å²) in [4.78, 5) is 55.5. The Labute approximate surface area is 264 Å². The fourth-order valence-corrected chi connectivity index (χ4v) is 7.40. The van der Waals surface area contributed by atoms with Crippen molar-refractivity contribution in [3.8, 4) is 0 Å². The van der Waals surface area contributed by atoms with Gasteiger partial charge < -0.3 is 20.3 Å². The van der Waals surface area contributed by atoms with Gasteiger partial charge in [-0.05, 0) is 61.2 Å². The molecule has 1 unspecified atom stereocenters. The number of thioether (sulfide) groups is 1. The average molecular weight is 628 g/mol. The number of benzene rings is 3. The van der Waals surface area contributed by atoms with Crippen LogP contribution in [-0.2, 0) is 27.3 Å². The summed E-state index contributed by atoms with van der Waals surface area (Å²) in [7, 11) is 0. The van der Waals surface area contributed by atoms with Crippen molar-refractivity contribution in [2.75, 3.05) is 23.8 Å². The number of anilines is 2. The van der Waals surface area contributed by atoms with E-state index in [0.29, 0.717) is 41.3 Å². The first kappa shape index (κ1) is 31.0. The van der Waals surface area contributed by atoms with E-state index in [0.717, 1.165) is 26.5 Å². The molecule has 0 fully saturated rings. The summed E-state index contributed by atoms with van der Waals surface area (Å²) < 4.78 is 5.37. The molecule has 1 aliphatic rings. The Kier molecular flexibility index (Phi) is 9.82. The van der Waals surface area contributed by atoms with Crippen molar-refractivity contribution in [2.24, 2.45) is 0 Å². The monoisotopic (exact) mass is 627 g/mol. The second-order valence-electron chi connectivity index (χ2n) is 10.3. The van der Waals surface area contributed by atoms with Crippen molar-refractivity contribution in [1.29, 1.82) is 0 Å². The van der Waals surface area contributed by atoms with Gasteiger partial charge in [0.15, 0.2) is 0 Å². The number of carbonyl (C=O) groups is 4. The minimum Gasteiger partial charge on any atom is -0.462 e. The van der Waals surface area contributed by atoms with Crippen LogP contribution in [-0.4, -0.2) is 41.7 Å². The van der Waals surface area contributed by atoms with E-state index in [1.54, 1.807) is 17.9 Å². The number of rotatable bonds is 9. The minimum absolute atomic E-state index is 0.0369. The van der Waals surface area contributed by atoms with Gasteiger partial charge in [-0.3, -0.25) is 14.4 Å². The lowest BCUT2D eigenvalue weighted by atomic mass is 10.0. The Morgan fingerprint density at radius 1 is 0.977 bits per heavy atom. The number of aryl methyl sites for hydroxylation is 1. The van der Waals surface area contributed by atoms with E-state index in [1.807, 2.05) is 79.7 Å². The van der Waals surface area contributed by atoms with Crippen LogP contribution in [0.4, 0.5) is 10.7 Å². The number of hydrogen-bond acceptors (Lipinski definition) is 7. The maximum Gasteiger partial charge on any atom is 0.341 e. The van der Waals surface area contributed by atoms with E-state index in [4.69, 9.17) is 4.74 Å². The summed E-state index contributed by atoms with van der Waals surface area (Å²) in [5.74, 6) is -1.04. The molecule has 1 atom stereocenters. The van der Waals surface area contributed by atoms with Crippen molar-refractivity contribution < 1.29 is 23.9 Å². The fraction of sp³-hybridized carbons (Fsp3) is 0.235. The van der Waals surface area contributed by atoms with Gasteiger partial charge in [-0.25, -0.2) is 4.79 Å². The first-order valence-corrected chi connectivity index (χ1v) is 16.0. The number of esters is 1. The summed E-state index contributed by atoms with van der Waals surface area (Å²) in [5.41, 5.74) is 4.05. The Bertz CT molecular complexity index is 1700. The second-order valence-corrected chi connectivity index (χ2v) is 12.6. The molecule has 0 spiro atoms. The van der Waals surface area contributed by atoms with Crippen molar-refractivity contribution in [1.82, 2.24) is 4.90 Å². The number of carbonyl (C=O) groups excluding carboxylic acids is 4. The number of thiophene rings is 1. The molecule has 8 nitrogen and oxygen atoms in total. The first-order chi connectivity index (χ1) is 21.2. The highest BCUT2D eigenvalue weighted by molar-refractivity contribution is 8.00. The van der Waals surface area contributed by atoms with E-state index in [9.17, 15) is 19.2 Å². The lowest BCUT2D eigenvalue weighted by Gasteiger charge is -2.25. The van der Waals surface area contributed by atoms with Gasteiger partial charge in [0, 0.05) is 34.5 Å². The smallest absolute Gasteiger partial charge is 0.341 e. The molecule has 0 saturated heterocycles. The molecule has 2 heterocycles. The molecule has 0 bridgehead atoms. The Morgan fingerprint density at radius 3 is 2.45 bits per heavy atom. The molecule has 226 valence electrons. The Hall–Kier alpha value is -4.41. The normalized spacial score (nSPS) is 13.0. The second kappa shape index (κ2) is 13.9. The van der Waals surface area contributed by atoms with Crippen LogP contribution in [0.15, 0.2) is 83.8 Å². The molecule has 0 saturated carbocycles. The third kappa shape index (κ3) is 7.03. The molecule has 10 heteroatoms. The van der Waals surface area contributed by atoms with Gasteiger partial charge in [0.05, 0.1) is 18.7 Å². The SMILES string of the molecule is CCOC(=O)c1c(NC(=O)C(Sc2cccc(NC(=O)c3ccccc3C)c2)c2ccccc2)sc2c1CCN(C(C)=O)C2. The van der Waals surface area contributed by atoms with Crippen LogP contribution in [0.3, 0.4) is 0 Å². The summed E-state index contributed by atoms with van der Waals surface area (Å²) in [5, 5.41) is 5.75. The number of nitrogens with zero attached hydrogens (tertiary/aromatic N) is 1. The number of fused-ring (bicyclic) bond motifs is 1.